The zero-order valence-corrected chi connectivity index (χ0v) is 27.8. The quantitative estimate of drug-likeness (QED) is 0.154. The Kier molecular flexibility index (Phi) is 13.9. The van der Waals surface area contributed by atoms with Gasteiger partial charge in [-0.15, -0.1) is 0 Å². The van der Waals surface area contributed by atoms with Gasteiger partial charge in [-0.1, -0.05) is 133 Å². The number of pyridine rings is 2. The minimum atomic E-state index is -2.03. The molecule has 2 heterocycles. The minimum absolute atomic E-state index is 0.692. The average molecular weight is 720 g/mol. The number of para-hydroxylation sites is 4. The van der Waals surface area contributed by atoms with Crippen LogP contribution in [0.4, 0.5) is 46.0 Å². The maximum atomic E-state index is 4.99. The van der Waals surface area contributed by atoms with Crippen LogP contribution in [0.2, 0.25) is 0 Å². The van der Waals surface area contributed by atoms with Crippen LogP contribution < -0.4 is 10.6 Å². The van der Waals surface area contributed by atoms with Crippen molar-refractivity contribution >= 4 is 73.6 Å². The van der Waals surface area contributed by atoms with Crippen LogP contribution in [0.1, 0.15) is 0 Å². The van der Waals surface area contributed by atoms with Gasteiger partial charge in [0.25, 0.3) is 0 Å². The van der Waals surface area contributed by atoms with Gasteiger partial charge in [0.05, 0.1) is 0 Å². The summed E-state index contributed by atoms with van der Waals surface area (Å²) in [5.41, 5.74) is 3.82. The minimum Gasteiger partial charge on any atom is -0.436 e. The van der Waals surface area contributed by atoms with Gasteiger partial charge in [-0.25, -0.2) is 0 Å². The number of benzene rings is 4. The summed E-state index contributed by atoms with van der Waals surface area (Å²) in [6.07, 6.45) is 0. The van der Waals surface area contributed by atoms with Crippen molar-refractivity contribution in [2.75, 3.05) is 10.6 Å². The largest absolute Gasteiger partial charge is 0.436 e. The first-order valence-corrected chi connectivity index (χ1v) is 21.9. The molecule has 0 aliphatic carbocycles. The number of anilines is 4. The predicted molar refractivity (Wildman–Crippen MR) is 184 cm³/mol. The summed E-state index contributed by atoms with van der Waals surface area (Å²) >= 11 is -2.03. The first-order valence-electron chi connectivity index (χ1n) is 13.4. The average Bonchev–Trinajstić information content (AvgIpc) is 3.04. The van der Waals surface area contributed by atoms with Gasteiger partial charge in [0, 0.05) is 23.0 Å². The van der Waals surface area contributed by atoms with Crippen LogP contribution in [0.3, 0.4) is 0 Å². The first kappa shape index (κ1) is 32.9. The van der Waals surface area contributed by atoms with Crippen molar-refractivity contribution in [2.45, 2.75) is 0 Å². The molecule has 0 saturated carbocycles. The Labute approximate surface area is 276 Å². The van der Waals surface area contributed by atoms with Crippen LogP contribution in [0, 0.1) is 0 Å². The van der Waals surface area contributed by atoms with Crippen LogP contribution in [0.15, 0.2) is 158 Å². The van der Waals surface area contributed by atoms with Gasteiger partial charge >= 0.3 is 42.8 Å². The molecular formula is C34H28Cl3N6Nb-2. The third-order valence-corrected chi connectivity index (χ3v) is 5.56. The summed E-state index contributed by atoms with van der Waals surface area (Å²) in [7, 11) is 15.0. The van der Waals surface area contributed by atoms with Crippen molar-refractivity contribution < 1.29 is 15.2 Å². The third-order valence-electron chi connectivity index (χ3n) is 5.56. The molecule has 44 heavy (non-hydrogen) atoms. The molecule has 6 aromatic rings. The molecule has 0 fully saturated rings. The van der Waals surface area contributed by atoms with Crippen LogP contribution in [0.5, 0.6) is 0 Å². The number of nitrogens with zero attached hydrogens (tertiary/aromatic N) is 4. The molecule has 2 aromatic heterocycles. The van der Waals surface area contributed by atoms with Crippen LogP contribution in [-0.4, -0.2) is 9.97 Å². The smallest absolute Gasteiger partial charge is 0.0381 e. The Morgan fingerprint density at radius 3 is 1.07 bits per heavy atom. The molecule has 0 radical (unpaired) electrons. The molecule has 0 unspecified atom stereocenters. The summed E-state index contributed by atoms with van der Waals surface area (Å²) < 4.78 is 0. The molecule has 0 amide bonds. The van der Waals surface area contributed by atoms with E-state index in [4.69, 9.17) is 27.6 Å². The van der Waals surface area contributed by atoms with E-state index in [1.165, 1.54) is 0 Å². The van der Waals surface area contributed by atoms with Gasteiger partial charge in [0.2, 0.25) is 0 Å². The fraction of sp³-hybridized carbons (Fsp3) is 0. The molecule has 0 aliphatic rings. The zero-order valence-electron chi connectivity index (χ0n) is 23.4. The van der Waals surface area contributed by atoms with E-state index < -0.39 is 15.2 Å². The van der Waals surface area contributed by atoms with E-state index in [1.807, 2.05) is 158 Å². The van der Waals surface area contributed by atoms with E-state index in [1.54, 1.807) is 0 Å². The van der Waals surface area contributed by atoms with Crippen molar-refractivity contribution in [3.8, 4) is 0 Å². The second-order valence-corrected chi connectivity index (χ2v) is 18.8. The van der Waals surface area contributed by atoms with E-state index in [9.17, 15) is 0 Å². The second kappa shape index (κ2) is 18.6. The molecular weight excluding hydrogens is 692 g/mol. The van der Waals surface area contributed by atoms with Gasteiger partial charge in [-0.3, -0.25) is 0 Å². The maximum absolute atomic E-state index is 4.99. The normalized spacial score (nSPS) is 9.91. The molecule has 10 heteroatoms. The third kappa shape index (κ3) is 12.7. The summed E-state index contributed by atoms with van der Waals surface area (Å²) in [5, 5.41) is 15.5. The summed E-state index contributed by atoms with van der Waals surface area (Å²) in [6.45, 7) is 0. The van der Waals surface area contributed by atoms with Gasteiger partial charge in [0.15, 0.2) is 0 Å². The number of hydrogen-bond acceptors (Lipinski definition) is 4. The molecule has 222 valence electrons. The van der Waals surface area contributed by atoms with E-state index in [0.29, 0.717) is 11.6 Å². The van der Waals surface area contributed by atoms with Gasteiger partial charge in [-0.2, -0.15) is 0 Å². The Morgan fingerprint density at radius 1 is 0.409 bits per heavy atom. The predicted octanol–water partition coefficient (Wildman–Crippen LogP) is 12.4. The van der Waals surface area contributed by atoms with Crippen LogP contribution in [0.25, 0.3) is 10.6 Å². The number of hydrogen-bond donors (Lipinski definition) is 2. The fourth-order valence-electron chi connectivity index (χ4n) is 3.72. The SMILES string of the molecule is [Cl][Nb]([Cl])[Cl].c1ccc([N-]c2cccc(Nc3ccccc3)n2)cc1.c1ccc([N-]c2cccc(Nc3ccccc3)n2)cc1. The van der Waals surface area contributed by atoms with Crippen molar-refractivity contribution in [3.63, 3.8) is 0 Å². The van der Waals surface area contributed by atoms with Crippen LogP contribution in [-0.2, 0) is 15.2 Å². The van der Waals surface area contributed by atoms with Crippen LogP contribution >= 0.6 is 27.6 Å². The fourth-order valence-corrected chi connectivity index (χ4v) is 3.72. The summed E-state index contributed by atoms with van der Waals surface area (Å²) in [4.78, 5) is 8.97. The Hall–Kier alpha value is -4.01. The Balaban J connectivity index is 0.000000179. The monoisotopic (exact) mass is 718 g/mol. The van der Waals surface area contributed by atoms with Crippen molar-refractivity contribution in [1.82, 2.24) is 9.97 Å². The summed E-state index contributed by atoms with van der Waals surface area (Å²) in [5.74, 6) is 2.95. The number of rotatable bonds is 8. The van der Waals surface area contributed by atoms with Crippen molar-refractivity contribution in [1.29, 1.82) is 0 Å². The van der Waals surface area contributed by atoms with E-state index in [0.717, 1.165) is 34.4 Å². The first-order chi connectivity index (χ1) is 21.5. The molecule has 6 nitrogen and oxygen atoms in total. The molecule has 4 aromatic carbocycles. The standard InChI is InChI=1S/2C17H14N3.3ClH.Nb/c2*1-3-8-14(9-4-1)18-16-12-7-13-17(20-16)19-15-10-5-2-6-11-15;;;;/h2*1-13H,(H-,18,19,20);3*1H;/q2*-1;;;;+3/p-3. The zero-order chi connectivity index (χ0) is 30.8. The molecule has 2 N–H and O–H groups in total. The topological polar surface area (TPSA) is 78.0 Å². The molecule has 0 atom stereocenters. The van der Waals surface area contributed by atoms with Gasteiger partial charge < -0.3 is 31.2 Å². The summed E-state index contributed by atoms with van der Waals surface area (Å²) in [6, 6.07) is 51.1. The number of halogens is 3. The molecule has 0 bridgehead atoms. The van der Waals surface area contributed by atoms with Crippen molar-refractivity contribution in [3.05, 3.63) is 168 Å². The molecule has 0 saturated heterocycles. The van der Waals surface area contributed by atoms with Gasteiger partial charge in [0.1, 0.15) is 0 Å². The van der Waals surface area contributed by atoms with E-state index >= 15 is 0 Å². The van der Waals surface area contributed by atoms with E-state index in [-0.39, 0.29) is 0 Å². The molecule has 0 spiro atoms. The Bertz CT molecular complexity index is 1410. The maximum Gasteiger partial charge on any atom is 0.0381 e. The molecule has 6 rings (SSSR count). The number of nitrogens with one attached hydrogen (secondary N) is 2. The second-order valence-electron chi connectivity index (χ2n) is 8.83. The van der Waals surface area contributed by atoms with Crippen molar-refractivity contribution in [2.24, 2.45) is 0 Å². The van der Waals surface area contributed by atoms with Gasteiger partial charge in [-0.05, 0) is 47.8 Å². The Morgan fingerprint density at radius 2 is 0.727 bits per heavy atom. The van der Waals surface area contributed by atoms with E-state index in [2.05, 4.69) is 31.2 Å². The number of aromatic nitrogens is 2. The molecule has 0 aliphatic heterocycles.